The summed E-state index contributed by atoms with van der Waals surface area (Å²) in [4.78, 5) is 0. The SMILES string of the molecule is Cc1cc(C)c(C2Oc3ccccc3-c3n(-c4ccccc4)c4ccccc4[n+]32)c(C)c1. The van der Waals surface area contributed by atoms with E-state index in [9.17, 15) is 0 Å². The first-order chi connectivity index (χ1) is 15.6. The molecular formula is C29H25N2O+. The van der Waals surface area contributed by atoms with E-state index < -0.39 is 0 Å². The summed E-state index contributed by atoms with van der Waals surface area (Å²) >= 11 is 0. The van der Waals surface area contributed by atoms with E-state index >= 15 is 0 Å². The summed E-state index contributed by atoms with van der Waals surface area (Å²) in [6.45, 7) is 6.53. The quantitative estimate of drug-likeness (QED) is 0.302. The first-order valence-electron chi connectivity index (χ1n) is 11.1. The van der Waals surface area contributed by atoms with Crippen LogP contribution in [0.25, 0.3) is 28.1 Å². The topological polar surface area (TPSA) is 18.0 Å². The van der Waals surface area contributed by atoms with Crippen molar-refractivity contribution in [1.29, 1.82) is 0 Å². The van der Waals surface area contributed by atoms with E-state index in [4.69, 9.17) is 4.74 Å². The van der Waals surface area contributed by atoms with Crippen molar-refractivity contribution in [2.75, 3.05) is 0 Å². The summed E-state index contributed by atoms with van der Waals surface area (Å²) in [7, 11) is 0. The fourth-order valence-electron chi connectivity index (χ4n) is 5.21. The van der Waals surface area contributed by atoms with Gasteiger partial charge in [0.15, 0.2) is 11.0 Å². The number of benzene rings is 4. The zero-order valence-electron chi connectivity index (χ0n) is 18.5. The number of fused-ring (bicyclic) bond motifs is 5. The predicted molar refractivity (Wildman–Crippen MR) is 128 cm³/mol. The second-order valence-electron chi connectivity index (χ2n) is 8.63. The van der Waals surface area contributed by atoms with Crippen molar-refractivity contribution in [1.82, 2.24) is 4.57 Å². The second-order valence-corrected chi connectivity index (χ2v) is 8.63. The minimum Gasteiger partial charge on any atom is -0.447 e. The van der Waals surface area contributed by atoms with E-state index in [1.165, 1.54) is 27.8 Å². The lowest BCUT2D eigenvalue weighted by Gasteiger charge is -2.27. The lowest BCUT2D eigenvalue weighted by atomic mass is 9.97. The van der Waals surface area contributed by atoms with Gasteiger partial charge in [-0.05, 0) is 68.3 Å². The number of hydrogen-bond donors (Lipinski definition) is 0. The largest absolute Gasteiger partial charge is 0.447 e. The Morgan fingerprint density at radius 3 is 2.19 bits per heavy atom. The lowest BCUT2D eigenvalue weighted by Crippen LogP contribution is -2.48. The van der Waals surface area contributed by atoms with E-state index in [1.54, 1.807) is 0 Å². The molecule has 156 valence electrons. The van der Waals surface area contributed by atoms with E-state index in [2.05, 4.69) is 121 Å². The Kier molecular flexibility index (Phi) is 4.19. The minimum atomic E-state index is -0.240. The molecule has 2 heterocycles. The van der Waals surface area contributed by atoms with Crippen molar-refractivity contribution in [3.8, 4) is 22.8 Å². The second kappa shape index (κ2) is 7.10. The molecule has 3 heteroatoms. The smallest absolute Gasteiger partial charge is 0.302 e. The van der Waals surface area contributed by atoms with Crippen molar-refractivity contribution < 1.29 is 9.30 Å². The fraction of sp³-hybridized carbons (Fsp3) is 0.138. The Morgan fingerprint density at radius 2 is 1.41 bits per heavy atom. The van der Waals surface area contributed by atoms with Gasteiger partial charge < -0.3 is 4.74 Å². The fourth-order valence-corrected chi connectivity index (χ4v) is 5.21. The summed E-state index contributed by atoms with van der Waals surface area (Å²) in [5.41, 5.74) is 9.58. The number of nitrogens with zero attached hydrogens (tertiary/aromatic N) is 2. The Labute approximate surface area is 188 Å². The number of aromatic nitrogens is 2. The maximum atomic E-state index is 6.75. The summed E-state index contributed by atoms with van der Waals surface area (Å²) in [6, 6.07) is 32.1. The molecule has 0 saturated heterocycles. The van der Waals surface area contributed by atoms with Crippen LogP contribution in [0.3, 0.4) is 0 Å². The number of para-hydroxylation sites is 4. The third-order valence-electron chi connectivity index (χ3n) is 6.42. The van der Waals surface area contributed by atoms with Gasteiger partial charge in [0.25, 0.3) is 6.23 Å². The first kappa shape index (κ1) is 18.9. The molecule has 32 heavy (non-hydrogen) atoms. The Bertz CT molecular complexity index is 1460. The van der Waals surface area contributed by atoms with E-state index in [1.807, 2.05) is 0 Å². The molecule has 1 aliphatic rings. The molecular weight excluding hydrogens is 392 g/mol. The highest BCUT2D eigenvalue weighted by Gasteiger charge is 2.40. The van der Waals surface area contributed by atoms with Crippen LogP contribution in [0.4, 0.5) is 0 Å². The van der Waals surface area contributed by atoms with Crippen molar-refractivity contribution in [2.45, 2.75) is 27.0 Å². The summed E-state index contributed by atoms with van der Waals surface area (Å²) in [5, 5.41) is 0. The van der Waals surface area contributed by atoms with Crippen LogP contribution < -0.4 is 9.30 Å². The summed E-state index contributed by atoms with van der Waals surface area (Å²) < 4.78 is 11.5. The van der Waals surface area contributed by atoms with Crippen LogP contribution in [-0.4, -0.2) is 4.57 Å². The van der Waals surface area contributed by atoms with Gasteiger partial charge in [-0.3, -0.25) is 0 Å². The molecule has 3 nitrogen and oxygen atoms in total. The number of hydrogen-bond acceptors (Lipinski definition) is 1. The van der Waals surface area contributed by atoms with Crippen LogP contribution >= 0.6 is 0 Å². The molecule has 0 spiro atoms. The van der Waals surface area contributed by atoms with Crippen molar-refractivity contribution in [2.24, 2.45) is 0 Å². The van der Waals surface area contributed by atoms with Gasteiger partial charge in [0.05, 0.1) is 0 Å². The van der Waals surface area contributed by atoms with Crippen molar-refractivity contribution >= 4 is 11.0 Å². The normalized spacial score (nSPS) is 14.7. The van der Waals surface area contributed by atoms with Gasteiger partial charge in [-0.25, -0.2) is 0 Å². The van der Waals surface area contributed by atoms with Crippen LogP contribution in [0.15, 0.2) is 91.0 Å². The van der Waals surface area contributed by atoms with Gasteiger partial charge in [-0.2, -0.15) is 9.13 Å². The number of ether oxygens (including phenoxy) is 1. The zero-order chi connectivity index (χ0) is 21.8. The summed E-state index contributed by atoms with van der Waals surface area (Å²) in [5.74, 6) is 2.06. The molecule has 1 aliphatic heterocycles. The molecule has 0 amide bonds. The molecule has 0 bridgehead atoms. The molecule has 0 radical (unpaired) electrons. The number of imidazole rings is 1. The van der Waals surface area contributed by atoms with Crippen LogP contribution in [0.5, 0.6) is 5.75 Å². The monoisotopic (exact) mass is 417 g/mol. The van der Waals surface area contributed by atoms with Crippen LogP contribution in [-0.2, 0) is 0 Å². The molecule has 0 aliphatic carbocycles. The van der Waals surface area contributed by atoms with Crippen LogP contribution in [0, 0.1) is 20.8 Å². The molecule has 1 atom stereocenters. The standard InChI is InChI=1S/C29H25N2O/c1-19-17-20(2)27(21(3)18-19)29-31-25-15-9-8-14-24(25)30(22-11-5-4-6-12-22)28(31)23-13-7-10-16-26(23)32-29/h4-18,29H,1-3H3/q+1. The van der Waals surface area contributed by atoms with E-state index in [0.717, 1.165) is 28.3 Å². The lowest BCUT2D eigenvalue weighted by molar-refractivity contribution is -0.713. The number of rotatable bonds is 2. The minimum absolute atomic E-state index is 0.240. The highest BCUT2D eigenvalue weighted by atomic mass is 16.5. The van der Waals surface area contributed by atoms with Gasteiger partial charge in [0, 0.05) is 5.56 Å². The van der Waals surface area contributed by atoms with E-state index in [0.29, 0.717) is 0 Å². The third-order valence-corrected chi connectivity index (χ3v) is 6.42. The van der Waals surface area contributed by atoms with Crippen LogP contribution in [0.2, 0.25) is 0 Å². The molecule has 0 saturated carbocycles. The highest BCUT2D eigenvalue weighted by molar-refractivity contribution is 5.81. The van der Waals surface area contributed by atoms with E-state index in [-0.39, 0.29) is 6.23 Å². The zero-order valence-corrected chi connectivity index (χ0v) is 18.5. The molecule has 0 N–H and O–H groups in total. The van der Waals surface area contributed by atoms with Crippen LogP contribution in [0.1, 0.15) is 28.5 Å². The predicted octanol–water partition coefficient (Wildman–Crippen LogP) is 6.45. The molecule has 5 aromatic rings. The van der Waals surface area contributed by atoms with Crippen molar-refractivity contribution in [3.63, 3.8) is 0 Å². The Morgan fingerprint density at radius 1 is 0.750 bits per heavy atom. The van der Waals surface area contributed by atoms with Gasteiger partial charge in [-0.15, -0.1) is 0 Å². The van der Waals surface area contributed by atoms with Crippen molar-refractivity contribution in [3.05, 3.63) is 113 Å². The highest BCUT2D eigenvalue weighted by Crippen LogP contribution is 2.41. The van der Waals surface area contributed by atoms with Gasteiger partial charge in [0.1, 0.15) is 17.0 Å². The first-order valence-corrected chi connectivity index (χ1v) is 11.1. The third kappa shape index (κ3) is 2.71. The Hall–Kier alpha value is -3.85. The maximum absolute atomic E-state index is 6.75. The average Bonchev–Trinajstić information content (AvgIpc) is 3.15. The summed E-state index contributed by atoms with van der Waals surface area (Å²) in [6.07, 6.45) is -0.240. The van der Waals surface area contributed by atoms with Gasteiger partial charge >= 0.3 is 5.82 Å². The Balaban J connectivity index is 1.76. The number of aryl methyl sites for hydroxylation is 3. The molecule has 4 aromatic carbocycles. The molecule has 6 rings (SSSR count). The maximum Gasteiger partial charge on any atom is 0.302 e. The van der Waals surface area contributed by atoms with Gasteiger partial charge in [-0.1, -0.05) is 60.2 Å². The molecule has 1 aromatic heterocycles. The molecule has 0 fully saturated rings. The average molecular weight is 418 g/mol. The molecule has 1 unspecified atom stereocenters. The van der Waals surface area contributed by atoms with Gasteiger partial charge in [0.2, 0.25) is 0 Å².